The molecule has 11 heteroatoms. The topological polar surface area (TPSA) is 57.8 Å². The molecule has 0 aliphatic carbocycles. The highest BCUT2D eigenvalue weighted by molar-refractivity contribution is 6.30. The van der Waals surface area contributed by atoms with Crippen LogP contribution in [0.1, 0.15) is 28.8 Å². The van der Waals surface area contributed by atoms with Crippen LogP contribution in [-0.2, 0) is 11.2 Å². The maximum atomic E-state index is 14.4. The van der Waals surface area contributed by atoms with Gasteiger partial charge >= 0.3 is 6.18 Å². The Kier molecular flexibility index (Phi) is 7.77. The minimum absolute atomic E-state index is 0.0817. The minimum atomic E-state index is -5.07. The van der Waals surface area contributed by atoms with Crippen LogP contribution in [0, 0.1) is 17.5 Å². The molecule has 0 saturated heterocycles. The van der Waals surface area contributed by atoms with Crippen LogP contribution < -0.4 is 5.32 Å². The largest absolute Gasteiger partial charge is 0.404 e. The lowest BCUT2D eigenvalue weighted by Crippen LogP contribution is -2.40. The molecule has 1 unspecified atom stereocenters. The second-order valence-electron chi connectivity index (χ2n) is 9.39. The van der Waals surface area contributed by atoms with Crippen molar-refractivity contribution >= 4 is 28.4 Å². The van der Waals surface area contributed by atoms with Gasteiger partial charge in [0.05, 0.1) is 11.7 Å². The van der Waals surface area contributed by atoms with Gasteiger partial charge in [0.15, 0.2) is 5.92 Å². The van der Waals surface area contributed by atoms with Crippen molar-refractivity contribution in [2.75, 3.05) is 0 Å². The number of carbonyl (C=O) groups excluding carboxylic acids is 1. The average molecular weight is 588 g/mol. The zero-order valence-electron chi connectivity index (χ0n) is 20.9. The van der Waals surface area contributed by atoms with Crippen molar-refractivity contribution < 1.29 is 31.1 Å². The molecule has 0 aliphatic heterocycles. The molecule has 2 aromatic heterocycles. The Hall–Kier alpha value is -4.31. The number of nitrogens with one attached hydrogen (secondary N) is 2. The first kappa shape index (κ1) is 28.2. The summed E-state index contributed by atoms with van der Waals surface area (Å²) in [6.07, 6.45) is -2.95. The second-order valence-corrected chi connectivity index (χ2v) is 9.83. The molecule has 210 valence electrons. The van der Waals surface area contributed by atoms with Crippen LogP contribution in [0.25, 0.3) is 22.0 Å². The molecule has 5 rings (SSSR count). The zero-order valence-corrected chi connectivity index (χ0v) is 21.7. The highest BCUT2D eigenvalue weighted by Gasteiger charge is 2.47. The standard InChI is InChI=1S/C30H20ClF6N3O/c31-18-5-3-17(4-6-18)22-2-1-9-38-28(22)26(12-16-10-20(33)13-21(34)11-16)40-29(41)27(30(35,36)37)24-15-39-25-8-7-19(32)14-23(24)25/h1-11,13-15,26-27,39H,12H2,(H,40,41)/t26-,27?/m0/s1. The fraction of sp³-hybridized carbons (Fsp3) is 0.133. The summed E-state index contributed by atoms with van der Waals surface area (Å²) < 4.78 is 85.3. The average Bonchev–Trinajstić information content (AvgIpc) is 3.30. The number of rotatable bonds is 7. The molecule has 0 saturated carbocycles. The van der Waals surface area contributed by atoms with E-state index in [0.29, 0.717) is 22.2 Å². The first-order valence-electron chi connectivity index (χ1n) is 12.3. The summed E-state index contributed by atoms with van der Waals surface area (Å²) in [5.41, 5.74) is 1.05. The summed E-state index contributed by atoms with van der Waals surface area (Å²) >= 11 is 6.01. The van der Waals surface area contributed by atoms with E-state index in [1.54, 1.807) is 36.4 Å². The number of carbonyl (C=O) groups is 1. The number of pyridine rings is 1. The Morgan fingerprint density at radius 1 is 0.927 bits per heavy atom. The number of benzene rings is 3. The lowest BCUT2D eigenvalue weighted by molar-refractivity contribution is -0.165. The van der Waals surface area contributed by atoms with Gasteiger partial charge in [0.1, 0.15) is 17.5 Å². The van der Waals surface area contributed by atoms with Crippen molar-refractivity contribution in [1.82, 2.24) is 15.3 Å². The number of halogens is 7. The molecule has 2 N–H and O–H groups in total. The number of hydrogen-bond acceptors (Lipinski definition) is 2. The molecule has 4 nitrogen and oxygen atoms in total. The van der Waals surface area contributed by atoms with E-state index in [9.17, 15) is 31.1 Å². The van der Waals surface area contributed by atoms with Crippen molar-refractivity contribution in [2.45, 2.75) is 24.6 Å². The number of aromatic amines is 1. The molecule has 41 heavy (non-hydrogen) atoms. The lowest BCUT2D eigenvalue weighted by Gasteiger charge is -2.25. The van der Waals surface area contributed by atoms with Gasteiger partial charge in [-0.15, -0.1) is 0 Å². The van der Waals surface area contributed by atoms with Gasteiger partial charge in [0.2, 0.25) is 5.91 Å². The van der Waals surface area contributed by atoms with E-state index in [-0.39, 0.29) is 28.6 Å². The second kappa shape index (κ2) is 11.3. The molecule has 3 aromatic carbocycles. The quantitative estimate of drug-likeness (QED) is 0.189. The van der Waals surface area contributed by atoms with Crippen LogP contribution in [0.2, 0.25) is 5.02 Å². The predicted molar refractivity (Wildman–Crippen MR) is 143 cm³/mol. The maximum absolute atomic E-state index is 14.4. The van der Waals surface area contributed by atoms with Crippen LogP contribution in [0.5, 0.6) is 0 Å². The van der Waals surface area contributed by atoms with Gasteiger partial charge in [0, 0.05) is 39.9 Å². The van der Waals surface area contributed by atoms with Crippen molar-refractivity contribution in [3.63, 3.8) is 0 Å². The number of fused-ring (bicyclic) bond motifs is 1. The van der Waals surface area contributed by atoms with E-state index in [4.69, 9.17) is 11.6 Å². The fourth-order valence-corrected chi connectivity index (χ4v) is 4.95. The van der Waals surface area contributed by atoms with Gasteiger partial charge in [-0.3, -0.25) is 9.78 Å². The molecule has 0 bridgehead atoms. The van der Waals surface area contributed by atoms with Gasteiger partial charge in [-0.05, 0) is 71.6 Å². The van der Waals surface area contributed by atoms with E-state index >= 15 is 0 Å². The summed E-state index contributed by atoms with van der Waals surface area (Å²) in [5.74, 6) is -6.69. The van der Waals surface area contributed by atoms with Crippen molar-refractivity contribution in [3.8, 4) is 11.1 Å². The number of alkyl halides is 3. The Morgan fingerprint density at radius 2 is 1.63 bits per heavy atom. The molecular formula is C30H20ClF6N3O. The third kappa shape index (κ3) is 6.22. The van der Waals surface area contributed by atoms with Crippen molar-refractivity contribution in [3.05, 3.63) is 124 Å². The van der Waals surface area contributed by atoms with Crippen LogP contribution >= 0.6 is 11.6 Å². The Morgan fingerprint density at radius 3 is 2.32 bits per heavy atom. The van der Waals surface area contributed by atoms with E-state index in [2.05, 4.69) is 15.3 Å². The number of hydrogen-bond donors (Lipinski definition) is 2. The molecular weight excluding hydrogens is 568 g/mol. The molecule has 0 fully saturated rings. The number of aromatic nitrogens is 2. The summed E-state index contributed by atoms with van der Waals surface area (Å²) in [6, 6.07) is 14.5. The summed E-state index contributed by atoms with van der Waals surface area (Å²) in [5, 5.41) is 2.76. The Labute approximate surface area is 235 Å². The maximum Gasteiger partial charge on any atom is 0.404 e. The van der Waals surface area contributed by atoms with E-state index in [1.165, 1.54) is 12.3 Å². The summed E-state index contributed by atoms with van der Waals surface area (Å²) in [6.45, 7) is 0. The molecule has 2 heterocycles. The van der Waals surface area contributed by atoms with Crippen molar-refractivity contribution in [1.29, 1.82) is 0 Å². The predicted octanol–water partition coefficient (Wildman–Crippen LogP) is 8.05. The van der Waals surface area contributed by atoms with Crippen LogP contribution in [0.15, 0.2) is 85.2 Å². The molecule has 0 spiro atoms. The smallest absolute Gasteiger partial charge is 0.361 e. The number of amides is 1. The zero-order chi connectivity index (χ0) is 29.3. The first-order valence-corrected chi connectivity index (χ1v) is 12.7. The SMILES string of the molecule is O=C(N[C@@H](Cc1cc(F)cc(F)c1)c1ncccc1-c1ccc(Cl)cc1)C(c1c[nH]c2ccc(F)cc12)C(F)(F)F. The Bertz CT molecular complexity index is 1700. The third-order valence-corrected chi connectivity index (χ3v) is 6.83. The summed E-state index contributed by atoms with van der Waals surface area (Å²) in [7, 11) is 0. The number of nitrogens with zero attached hydrogens (tertiary/aromatic N) is 1. The van der Waals surface area contributed by atoms with Crippen LogP contribution in [-0.4, -0.2) is 22.1 Å². The molecule has 0 radical (unpaired) electrons. The van der Waals surface area contributed by atoms with Crippen molar-refractivity contribution in [2.24, 2.45) is 0 Å². The minimum Gasteiger partial charge on any atom is -0.361 e. The monoisotopic (exact) mass is 587 g/mol. The first-order chi connectivity index (χ1) is 19.5. The highest BCUT2D eigenvalue weighted by Crippen LogP contribution is 2.40. The third-order valence-electron chi connectivity index (χ3n) is 6.58. The van der Waals surface area contributed by atoms with Gasteiger partial charge in [-0.1, -0.05) is 29.8 Å². The van der Waals surface area contributed by atoms with Gasteiger partial charge in [-0.25, -0.2) is 13.2 Å². The normalized spacial score (nSPS) is 13.2. The number of H-pyrrole nitrogens is 1. The van der Waals surface area contributed by atoms with E-state index in [1.807, 2.05) is 0 Å². The fourth-order valence-electron chi connectivity index (χ4n) is 4.82. The molecule has 0 aliphatic rings. The van der Waals surface area contributed by atoms with Gasteiger partial charge < -0.3 is 10.3 Å². The Balaban J connectivity index is 1.60. The molecule has 2 atom stereocenters. The van der Waals surface area contributed by atoms with Crippen LogP contribution in [0.4, 0.5) is 26.3 Å². The molecule has 1 amide bonds. The van der Waals surface area contributed by atoms with E-state index in [0.717, 1.165) is 30.5 Å². The van der Waals surface area contributed by atoms with Crippen LogP contribution in [0.3, 0.4) is 0 Å². The van der Waals surface area contributed by atoms with E-state index < -0.39 is 47.1 Å². The highest BCUT2D eigenvalue weighted by atomic mass is 35.5. The van der Waals surface area contributed by atoms with Gasteiger partial charge in [-0.2, -0.15) is 13.2 Å². The summed E-state index contributed by atoms with van der Waals surface area (Å²) in [4.78, 5) is 20.5. The lowest BCUT2D eigenvalue weighted by atomic mass is 9.93. The molecule has 5 aromatic rings. The van der Waals surface area contributed by atoms with Gasteiger partial charge in [0.25, 0.3) is 0 Å².